The van der Waals surface area contributed by atoms with Gasteiger partial charge in [-0.3, -0.25) is 4.98 Å². The van der Waals surface area contributed by atoms with Gasteiger partial charge in [0.05, 0.1) is 25.6 Å². The molecule has 0 fully saturated rings. The van der Waals surface area contributed by atoms with E-state index in [1.54, 1.807) is 0 Å². The molecule has 0 saturated heterocycles. The first-order valence-electron chi connectivity index (χ1n) is 5.25. The number of aliphatic hydroxyl groups excluding tert-OH is 1. The van der Waals surface area contributed by atoms with Crippen LogP contribution in [0.4, 0.5) is 8.78 Å². The maximum atomic E-state index is 13.7. The summed E-state index contributed by atoms with van der Waals surface area (Å²) in [4.78, 5) is 3.81. The van der Waals surface area contributed by atoms with Crippen LogP contribution in [0.2, 0.25) is 0 Å². The van der Waals surface area contributed by atoms with Gasteiger partial charge in [-0.15, -0.1) is 0 Å². The zero-order valence-corrected chi connectivity index (χ0v) is 9.65. The van der Waals surface area contributed by atoms with E-state index in [4.69, 9.17) is 9.84 Å². The third-order valence-corrected chi connectivity index (χ3v) is 2.55. The molecule has 2 rings (SSSR count). The maximum absolute atomic E-state index is 13.7. The van der Waals surface area contributed by atoms with Crippen LogP contribution in [0, 0.1) is 11.6 Å². The van der Waals surface area contributed by atoms with Crippen molar-refractivity contribution in [3.05, 3.63) is 47.7 Å². The van der Waals surface area contributed by atoms with E-state index < -0.39 is 18.2 Å². The van der Waals surface area contributed by atoms with E-state index >= 15 is 0 Å². The first-order chi connectivity index (χ1) is 8.65. The van der Waals surface area contributed by atoms with Crippen LogP contribution in [0.15, 0.2) is 30.5 Å². The largest absolute Gasteiger partial charge is 0.497 e. The Hall–Kier alpha value is -2.01. The van der Waals surface area contributed by atoms with Gasteiger partial charge in [-0.05, 0) is 24.3 Å². The van der Waals surface area contributed by atoms with Crippen molar-refractivity contribution in [2.45, 2.75) is 6.61 Å². The van der Waals surface area contributed by atoms with Crippen LogP contribution < -0.4 is 4.74 Å². The molecule has 0 radical (unpaired) electrons. The summed E-state index contributed by atoms with van der Waals surface area (Å²) in [6.07, 6.45) is 0.958. The van der Waals surface area contributed by atoms with Crippen molar-refractivity contribution in [1.29, 1.82) is 0 Å². The number of hydrogen-bond donors (Lipinski definition) is 1. The van der Waals surface area contributed by atoms with Crippen molar-refractivity contribution < 1.29 is 18.6 Å². The molecule has 18 heavy (non-hydrogen) atoms. The lowest BCUT2D eigenvalue weighted by Crippen LogP contribution is -1.96. The standard InChI is InChI=1S/C13H11F2NO2/c1-18-9-2-3-11(14)10(5-9)13-4-8(7-17)12(15)6-16-13/h2-6,17H,7H2,1H3. The normalized spacial score (nSPS) is 10.4. The number of ether oxygens (including phenoxy) is 1. The number of halogens is 2. The third-order valence-electron chi connectivity index (χ3n) is 2.55. The molecule has 0 aliphatic heterocycles. The number of benzene rings is 1. The number of hydrogen-bond acceptors (Lipinski definition) is 3. The number of nitrogens with zero attached hydrogens (tertiary/aromatic N) is 1. The van der Waals surface area contributed by atoms with Gasteiger partial charge >= 0.3 is 0 Å². The van der Waals surface area contributed by atoms with Crippen molar-refractivity contribution in [2.24, 2.45) is 0 Å². The van der Waals surface area contributed by atoms with Crippen molar-refractivity contribution >= 4 is 0 Å². The lowest BCUT2D eigenvalue weighted by Gasteiger charge is -2.07. The Kier molecular flexibility index (Phi) is 3.53. The number of pyridine rings is 1. The highest BCUT2D eigenvalue weighted by molar-refractivity contribution is 5.62. The topological polar surface area (TPSA) is 42.4 Å². The van der Waals surface area contributed by atoms with Crippen LogP contribution in [0.1, 0.15) is 5.56 Å². The average Bonchev–Trinajstić information content (AvgIpc) is 2.40. The molecule has 1 aromatic carbocycles. The first kappa shape index (κ1) is 12.4. The minimum Gasteiger partial charge on any atom is -0.497 e. The van der Waals surface area contributed by atoms with E-state index in [1.165, 1.54) is 31.4 Å². The molecule has 1 N–H and O–H groups in total. The van der Waals surface area contributed by atoms with Crippen molar-refractivity contribution in [1.82, 2.24) is 4.98 Å². The zero-order chi connectivity index (χ0) is 13.1. The first-order valence-corrected chi connectivity index (χ1v) is 5.25. The quantitative estimate of drug-likeness (QED) is 0.911. The lowest BCUT2D eigenvalue weighted by molar-refractivity contribution is 0.275. The molecular formula is C13H11F2NO2. The number of aromatic nitrogens is 1. The van der Waals surface area contributed by atoms with E-state index in [9.17, 15) is 8.78 Å². The van der Waals surface area contributed by atoms with Gasteiger partial charge in [0.2, 0.25) is 0 Å². The highest BCUT2D eigenvalue weighted by Gasteiger charge is 2.11. The van der Waals surface area contributed by atoms with Crippen LogP contribution in [-0.2, 0) is 6.61 Å². The summed E-state index contributed by atoms with van der Waals surface area (Å²) in [6, 6.07) is 5.51. The molecule has 3 nitrogen and oxygen atoms in total. The minimum atomic E-state index is -0.621. The third kappa shape index (κ3) is 2.31. The highest BCUT2D eigenvalue weighted by Crippen LogP contribution is 2.26. The fourth-order valence-electron chi connectivity index (χ4n) is 1.58. The van der Waals surface area contributed by atoms with Gasteiger partial charge in [0.25, 0.3) is 0 Å². The predicted molar refractivity (Wildman–Crippen MR) is 62.1 cm³/mol. The smallest absolute Gasteiger partial charge is 0.147 e. The Labute approximate surface area is 103 Å². The fraction of sp³-hybridized carbons (Fsp3) is 0.154. The molecular weight excluding hydrogens is 240 g/mol. The molecule has 0 unspecified atom stereocenters. The van der Waals surface area contributed by atoms with Gasteiger partial charge in [-0.1, -0.05) is 0 Å². The second kappa shape index (κ2) is 5.10. The number of rotatable bonds is 3. The predicted octanol–water partition coefficient (Wildman–Crippen LogP) is 2.53. The van der Waals surface area contributed by atoms with Gasteiger partial charge in [0.1, 0.15) is 17.4 Å². The second-order valence-corrected chi connectivity index (χ2v) is 3.66. The summed E-state index contributed by atoms with van der Waals surface area (Å²) in [5.41, 5.74) is 0.517. The van der Waals surface area contributed by atoms with Gasteiger partial charge in [-0.25, -0.2) is 8.78 Å². The van der Waals surface area contributed by atoms with Crippen LogP contribution in [-0.4, -0.2) is 17.2 Å². The Bertz CT molecular complexity index is 573. The van der Waals surface area contributed by atoms with Crippen molar-refractivity contribution in [2.75, 3.05) is 7.11 Å². The molecule has 2 aromatic rings. The SMILES string of the molecule is COc1ccc(F)c(-c2cc(CO)c(F)cn2)c1. The summed E-state index contributed by atoms with van der Waals surface area (Å²) in [5.74, 6) is -0.633. The van der Waals surface area contributed by atoms with E-state index in [0.717, 1.165) is 6.20 Å². The highest BCUT2D eigenvalue weighted by atomic mass is 19.1. The van der Waals surface area contributed by atoms with Gasteiger partial charge < -0.3 is 9.84 Å². The van der Waals surface area contributed by atoms with E-state index in [2.05, 4.69) is 4.98 Å². The van der Waals surface area contributed by atoms with Gasteiger partial charge in [0.15, 0.2) is 0 Å². The van der Waals surface area contributed by atoms with Crippen LogP contribution in [0.25, 0.3) is 11.3 Å². The molecule has 1 aromatic heterocycles. The number of aliphatic hydroxyl groups is 1. The minimum absolute atomic E-state index is 0.0715. The summed E-state index contributed by atoms with van der Waals surface area (Å²) in [7, 11) is 1.47. The molecule has 0 atom stereocenters. The molecule has 0 saturated carbocycles. The van der Waals surface area contributed by atoms with Gasteiger partial charge in [0, 0.05) is 11.1 Å². The summed E-state index contributed by atoms with van der Waals surface area (Å²) in [6.45, 7) is -0.465. The van der Waals surface area contributed by atoms with Crippen LogP contribution >= 0.6 is 0 Å². The Balaban J connectivity index is 2.54. The second-order valence-electron chi connectivity index (χ2n) is 3.66. The monoisotopic (exact) mass is 251 g/mol. The molecule has 0 bridgehead atoms. The molecule has 0 amide bonds. The van der Waals surface area contributed by atoms with E-state index in [-0.39, 0.29) is 16.8 Å². The molecule has 1 heterocycles. The van der Waals surface area contributed by atoms with Crippen molar-refractivity contribution in [3.8, 4) is 17.0 Å². The number of methoxy groups -OCH3 is 1. The Morgan fingerprint density at radius 2 is 2.00 bits per heavy atom. The molecule has 5 heteroatoms. The summed E-state index contributed by atoms with van der Waals surface area (Å²) < 4.78 is 31.9. The summed E-state index contributed by atoms with van der Waals surface area (Å²) in [5, 5.41) is 8.97. The molecule has 0 spiro atoms. The fourth-order valence-corrected chi connectivity index (χ4v) is 1.58. The van der Waals surface area contributed by atoms with Gasteiger partial charge in [-0.2, -0.15) is 0 Å². The zero-order valence-electron chi connectivity index (χ0n) is 9.65. The maximum Gasteiger partial charge on any atom is 0.147 e. The molecule has 0 aliphatic rings. The van der Waals surface area contributed by atoms with Crippen LogP contribution in [0.3, 0.4) is 0 Å². The average molecular weight is 251 g/mol. The van der Waals surface area contributed by atoms with E-state index in [0.29, 0.717) is 5.75 Å². The summed E-state index contributed by atoms with van der Waals surface area (Å²) >= 11 is 0. The van der Waals surface area contributed by atoms with Crippen LogP contribution in [0.5, 0.6) is 5.75 Å². The lowest BCUT2D eigenvalue weighted by atomic mass is 10.1. The van der Waals surface area contributed by atoms with Crippen molar-refractivity contribution in [3.63, 3.8) is 0 Å². The molecule has 0 aliphatic carbocycles. The Morgan fingerprint density at radius 3 is 2.67 bits per heavy atom. The molecule has 94 valence electrons. The Morgan fingerprint density at radius 1 is 1.22 bits per heavy atom. The van der Waals surface area contributed by atoms with E-state index in [1.807, 2.05) is 0 Å².